The number of benzene rings is 1. The quantitative estimate of drug-likeness (QED) is 0.759. The first-order valence-electron chi connectivity index (χ1n) is 4.38. The molecule has 0 saturated heterocycles. The second-order valence-electron chi connectivity index (χ2n) is 3.04. The van der Waals surface area contributed by atoms with E-state index in [9.17, 15) is 0 Å². The molecule has 0 spiro atoms. The fourth-order valence-electron chi connectivity index (χ4n) is 1.41. The van der Waals surface area contributed by atoms with Crippen LogP contribution in [0.3, 0.4) is 0 Å². The van der Waals surface area contributed by atoms with Crippen LogP contribution in [-0.2, 0) is 0 Å². The van der Waals surface area contributed by atoms with E-state index in [1.807, 2.05) is 36.5 Å². The van der Waals surface area contributed by atoms with Crippen LogP contribution in [0.25, 0.3) is 11.3 Å². The highest BCUT2D eigenvalue weighted by Gasteiger charge is 2.03. The predicted molar refractivity (Wildman–Crippen MR) is 57.2 cm³/mol. The Balaban J connectivity index is 2.47. The van der Waals surface area contributed by atoms with Crippen molar-refractivity contribution in [1.29, 1.82) is 0 Å². The van der Waals surface area contributed by atoms with Crippen molar-refractivity contribution in [2.24, 2.45) is 0 Å². The zero-order chi connectivity index (χ0) is 9.97. The summed E-state index contributed by atoms with van der Waals surface area (Å²) >= 11 is 0. The van der Waals surface area contributed by atoms with Crippen LogP contribution in [0.2, 0.25) is 0 Å². The van der Waals surface area contributed by atoms with Gasteiger partial charge in [-0.25, -0.2) is 0 Å². The summed E-state index contributed by atoms with van der Waals surface area (Å²) < 4.78 is 5.14. The molecule has 1 aromatic heterocycles. The molecule has 0 saturated carbocycles. The SMILES string of the molecule is COc1cccc(-c2[nH]ccc2N)c1. The molecule has 1 aromatic carbocycles. The number of hydrogen-bond acceptors (Lipinski definition) is 2. The second-order valence-corrected chi connectivity index (χ2v) is 3.04. The molecular formula is C11H12N2O. The van der Waals surface area contributed by atoms with Crippen molar-refractivity contribution in [2.45, 2.75) is 0 Å². The van der Waals surface area contributed by atoms with Gasteiger partial charge in [-0.05, 0) is 18.2 Å². The van der Waals surface area contributed by atoms with E-state index in [0.717, 1.165) is 22.7 Å². The van der Waals surface area contributed by atoms with Crippen LogP contribution < -0.4 is 10.5 Å². The van der Waals surface area contributed by atoms with Crippen molar-refractivity contribution in [1.82, 2.24) is 4.98 Å². The number of nitrogens with one attached hydrogen (secondary N) is 1. The molecule has 0 amide bonds. The molecule has 2 aromatic rings. The Hall–Kier alpha value is -1.90. The highest BCUT2D eigenvalue weighted by Crippen LogP contribution is 2.26. The van der Waals surface area contributed by atoms with Gasteiger partial charge in [-0.15, -0.1) is 0 Å². The molecule has 1 heterocycles. The van der Waals surface area contributed by atoms with E-state index in [1.54, 1.807) is 7.11 Å². The molecule has 3 N–H and O–H groups in total. The van der Waals surface area contributed by atoms with E-state index >= 15 is 0 Å². The zero-order valence-corrected chi connectivity index (χ0v) is 7.95. The molecule has 0 aliphatic rings. The van der Waals surface area contributed by atoms with Crippen molar-refractivity contribution in [3.05, 3.63) is 36.5 Å². The van der Waals surface area contributed by atoms with Crippen LogP contribution in [0, 0.1) is 0 Å². The van der Waals surface area contributed by atoms with E-state index in [1.165, 1.54) is 0 Å². The van der Waals surface area contributed by atoms with Gasteiger partial charge in [0.05, 0.1) is 18.5 Å². The summed E-state index contributed by atoms with van der Waals surface area (Å²) in [6.45, 7) is 0. The smallest absolute Gasteiger partial charge is 0.119 e. The third-order valence-electron chi connectivity index (χ3n) is 2.14. The highest BCUT2D eigenvalue weighted by molar-refractivity contribution is 5.73. The first-order valence-corrected chi connectivity index (χ1v) is 4.38. The zero-order valence-electron chi connectivity index (χ0n) is 7.95. The van der Waals surface area contributed by atoms with Gasteiger partial charge < -0.3 is 15.5 Å². The summed E-state index contributed by atoms with van der Waals surface area (Å²) in [7, 11) is 1.65. The molecule has 0 aliphatic heterocycles. The Morgan fingerprint density at radius 2 is 2.14 bits per heavy atom. The van der Waals surface area contributed by atoms with E-state index in [0.29, 0.717) is 0 Å². The predicted octanol–water partition coefficient (Wildman–Crippen LogP) is 2.27. The van der Waals surface area contributed by atoms with Gasteiger partial charge in [-0.1, -0.05) is 12.1 Å². The first kappa shape index (κ1) is 8.69. The summed E-state index contributed by atoms with van der Waals surface area (Å²) in [5.41, 5.74) is 8.51. The summed E-state index contributed by atoms with van der Waals surface area (Å²) in [6, 6.07) is 9.62. The first-order chi connectivity index (χ1) is 6.81. The lowest BCUT2D eigenvalue weighted by atomic mass is 10.1. The molecule has 0 radical (unpaired) electrons. The standard InChI is InChI=1S/C11H12N2O/c1-14-9-4-2-3-8(7-9)11-10(12)5-6-13-11/h2-7,13H,12H2,1H3. The minimum atomic E-state index is 0.748. The van der Waals surface area contributed by atoms with Crippen LogP contribution >= 0.6 is 0 Å². The molecule has 72 valence electrons. The van der Waals surface area contributed by atoms with Crippen LogP contribution in [0.1, 0.15) is 0 Å². The molecule has 0 atom stereocenters. The molecule has 0 unspecified atom stereocenters. The van der Waals surface area contributed by atoms with Crippen molar-refractivity contribution in [3.8, 4) is 17.0 Å². The van der Waals surface area contributed by atoms with Gasteiger partial charge >= 0.3 is 0 Å². The maximum absolute atomic E-state index is 5.79. The van der Waals surface area contributed by atoms with Crippen LogP contribution in [-0.4, -0.2) is 12.1 Å². The van der Waals surface area contributed by atoms with E-state index < -0.39 is 0 Å². The van der Waals surface area contributed by atoms with Crippen LogP contribution in [0.15, 0.2) is 36.5 Å². The second kappa shape index (κ2) is 3.46. The minimum Gasteiger partial charge on any atom is -0.497 e. The lowest BCUT2D eigenvalue weighted by Crippen LogP contribution is -1.88. The number of H-pyrrole nitrogens is 1. The molecule has 0 fully saturated rings. The minimum absolute atomic E-state index is 0.748. The van der Waals surface area contributed by atoms with Gasteiger partial charge in [-0.2, -0.15) is 0 Å². The Kier molecular flexibility index (Phi) is 2.14. The Bertz CT molecular complexity index is 434. The largest absolute Gasteiger partial charge is 0.497 e. The van der Waals surface area contributed by atoms with Gasteiger partial charge in [0.15, 0.2) is 0 Å². The average Bonchev–Trinajstić information content (AvgIpc) is 2.65. The number of hydrogen-bond donors (Lipinski definition) is 2. The number of methoxy groups -OCH3 is 1. The summed E-state index contributed by atoms with van der Waals surface area (Å²) in [5.74, 6) is 0.830. The number of ether oxygens (including phenoxy) is 1. The van der Waals surface area contributed by atoms with Gasteiger partial charge in [0, 0.05) is 11.8 Å². The molecule has 0 aliphatic carbocycles. The number of aromatic nitrogens is 1. The van der Waals surface area contributed by atoms with Gasteiger partial charge in [0.1, 0.15) is 5.75 Å². The molecule has 2 rings (SSSR count). The highest BCUT2D eigenvalue weighted by atomic mass is 16.5. The van der Waals surface area contributed by atoms with E-state index in [4.69, 9.17) is 10.5 Å². The number of anilines is 1. The lowest BCUT2D eigenvalue weighted by Gasteiger charge is -2.03. The third-order valence-corrected chi connectivity index (χ3v) is 2.14. The molecule has 3 nitrogen and oxygen atoms in total. The molecular weight excluding hydrogens is 176 g/mol. The lowest BCUT2D eigenvalue weighted by molar-refractivity contribution is 0.415. The number of nitrogen functional groups attached to an aromatic ring is 1. The monoisotopic (exact) mass is 188 g/mol. The Morgan fingerprint density at radius 1 is 1.29 bits per heavy atom. The summed E-state index contributed by atoms with van der Waals surface area (Å²) in [4.78, 5) is 3.09. The Morgan fingerprint density at radius 3 is 2.79 bits per heavy atom. The molecule has 3 heteroatoms. The maximum atomic E-state index is 5.79. The topological polar surface area (TPSA) is 51.0 Å². The van der Waals surface area contributed by atoms with Crippen molar-refractivity contribution < 1.29 is 4.74 Å². The van der Waals surface area contributed by atoms with Gasteiger partial charge in [-0.3, -0.25) is 0 Å². The van der Waals surface area contributed by atoms with Gasteiger partial charge in [0.2, 0.25) is 0 Å². The number of rotatable bonds is 2. The number of aromatic amines is 1. The fraction of sp³-hybridized carbons (Fsp3) is 0.0909. The van der Waals surface area contributed by atoms with Crippen molar-refractivity contribution in [2.75, 3.05) is 12.8 Å². The third kappa shape index (κ3) is 1.44. The van der Waals surface area contributed by atoms with Crippen molar-refractivity contribution in [3.63, 3.8) is 0 Å². The van der Waals surface area contributed by atoms with E-state index in [-0.39, 0.29) is 0 Å². The normalized spacial score (nSPS) is 10.1. The number of nitrogens with two attached hydrogens (primary N) is 1. The summed E-state index contributed by atoms with van der Waals surface area (Å²) in [6.07, 6.45) is 1.82. The Labute approximate surface area is 82.5 Å². The average molecular weight is 188 g/mol. The van der Waals surface area contributed by atoms with Crippen LogP contribution in [0.5, 0.6) is 5.75 Å². The summed E-state index contributed by atoms with van der Waals surface area (Å²) in [5, 5.41) is 0. The van der Waals surface area contributed by atoms with Gasteiger partial charge in [0.25, 0.3) is 0 Å². The van der Waals surface area contributed by atoms with Crippen LogP contribution in [0.4, 0.5) is 5.69 Å². The van der Waals surface area contributed by atoms with Crippen molar-refractivity contribution >= 4 is 5.69 Å². The molecule has 0 bridgehead atoms. The molecule has 14 heavy (non-hydrogen) atoms. The maximum Gasteiger partial charge on any atom is 0.119 e. The van der Waals surface area contributed by atoms with E-state index in [2.05, 4.69) is 4.98 Å². The fourth-order valence-corrected chi connectivity index (χ4v) is 1.41.